The highest BCUT2D eigenvalue weighted by molar-refractivity contribution is 5.78. The minimum Gasteiger partial charge on any atom is -0.480 e. The number of carbonyl (C=O) groups is 1. The Bertz CT molecular complexity index is 322. The van der Waals surface area contributed by atoms with E-state index in [0.717, 1.165) is 64.7 Å². The second kappa shape index (κ2) is 5.80. The molecule has 0 aromatic carbocycles. The third kappa shape index (κ3) is 3.29. The van der Waals surface area contributed by atoms with Gasteiger partial charge >= 0.3 is 5.97 Å². The first-order chi connectivity index (χ1) is 8.96. The van der Waals surface area contributed by atoms with Crippen molar-refractivity contribution in [2.24, 2.45) is 5.41 Å². The number of aliphatic carboxylic acids is 1. The fourth-order valence-corrected chi connectivity index (χ4v) is 3.59. The molecule has 0 aromatic heterocycles. The third-order valence-corrected chi connectivity index (χ3v) is 5.00. The van der Waals surface area contributed by atoms with E-state index in [1.165, 1.54) is 0 Å². The van der Waals surface area contributed by atoms with Gasteiger partial charge < -0.3 is 10.4 Å². The van der Waals surface area contributed by atoms with Gasteiger partial charge in [-0.25, -0.2) is 0 Å². The molecule has 110 valence electrons. The van der Waals surface area contributed by atoms with Gasteiger partial charge in [0.2, 0.25) is 0 Å². The molecule has 2 aliphatic rings. The maximum absolute atomic E-state index is 12.0. The highest BCUT2D eigenvalue weighted by Gasteiger charge is 2.46. The van der Waals surface area contributed by atoms with E-state index in [4.69, 9.17) is 0 Å². The van der Waals surface area contributed by atoms with Crippen LogP contribution >= 0.6 is 0 Å². The Morgan fingerprint density at radius 2 is 1.84 bits per heavy atom. The molecule has 1 saturated heterocycles. The van der Waals surface area contributed by atoms with Crippen molar-refractivity contribution in [1.82, 2.24) is 10.2 Å². The second-order valence-electron chi connectivity index (χ2n) is 6.95. The van der Waals surface area contributed by atoms with Crippen LogP contribution in [0.25, 0.3) is 0 Å². The molecule has 4 nitrogen and oxygen atoms in total. The SMILES string of the molecule is CC1(C)CCCC(C(=O)O)(N2CCCNCC2)CC1. The van der Waals surface area contributed by atoms with Gasteiger partial charge in [-0.2, -0.15) is 0 Å². The first kappa shape index (κ1) is 14.8. The van der Waals surface area contributed by atoms with Gasteiger partial charge in [0.1, 0.15) is 5.54 Å². The zero-order valence-electron chi connectivity index (χ0n) is 12.4. The van der Waals surface area contributed by atoms with E-state index in [1.807, 2.05) is 0 Å². The van der Waals surface area contributed by atoms with Crippen molar-refractivity contribution in [2.75, 3.05) is 26.2 Å². The molecule has 0 amide bonds. The standard InChI is InChI=1S/C15H28N2O2/c1-14(2)5-3-6-15(8-7-14,13(18)19)17-11-4-9-16-10-12-17/h16H,3-12H2,1-2H3,(H,18,19). The Kier molecular flexibility index (Phi) is 4.51. The summed E-state index contributed by atoms with van der Waals surface area (Å²) in [5, 5.41) is 13.2. The van der Waals surface area contributed by atoms with Crippen LogP contribution in [-0.4, -0.2) is 47.7 Å². The molecule has 0 bridgehead atoms. The molecule has 1 aliphatic heterocycles. The summed E-state index contributed by atoms with van der Waals surface area (Å²) in [6, 6.07) is 0. The van der Waals surface area contributed by atoms with Crippen LogP contribution in [0, 0.1) is 5.41 Å². The zero-order chi connectivity index (χ0) is 13.9. The van der Waals surface area contributed by atoms with Crippen molar-refractivity contribution in [2.45, 2.75) is 57.9 Å². The molecule has 0 aromatic rings. The molecule has 2 rings (SSSR count). The fraction of sp³-hybridized carbons (Fsp3) is 0.933. The molecule has 2 N–H and O–H groups in total. The topological polar surface area (TPSA) is 52.6 Å². The van der Waals surface area contributed by atoms with Gasteiger partial charge in [-0.3, -0.25) is 9.69 Å². The van der Waals surface area contributed by atoms with Crippen molar-refractivity contribution in [3.63, 3.8) is 0 Å². The highest BCUT2D eigenvalue weighted by atomic mass is 16.4. The number of carboxylic acid groups (broad SMARTS) is 1. The lowest BCUT2D eigenvalue weighted by molar-refractivity contribution is -0.153. The van der Waals surface area contributed by atoms with E-state index in [0.29, 0.717) is 5.41 Å². The largest absolute Gasteiger partial charge is 0.480 e. The third-order valence-electron chi connectivity index (χ3n) is 5.00. The van der Waals surface area contributed by atoms with Crippen molar-refractivity contribution >= 4 is 5.97 Å². The van der Waals surface area contributed by atoms with Crippen LogP contribution in [0.3, 0.4) is 0 Å². The normalized spacial score (nSPS) is 33.4. The maximum Gasteiger partial charge on any atom is 0.324 e. The average Bonchev–Trinajstić information content (AvgIpc) is 2.68. The van der Waals surface area contributed by atoms with Crippen LogP contribution in [0.2, 0.25) is 0 Å². The first-order valence-electron chi connectivity index (χ1n) is 7.66. The van der Waals surface area contributed by atoms with E-state index in [1.54, 1.807) is 0 Å². The van der Waals surface area contributed by atoms with E-state index < -0.39 is 11.5 Å². The molecule has 19 heavy (non-hydrogen) atoms. The average molecular weight is 268 g/mol. The summed E-state index contributed by atoms with van der Waals surface area (Å²) >= 11 is 0. The summed E-state index contributed by atoms with van der Waals surface area (Å²) in [6.45, 7) is 8.26. The van der Waals surface area contributed by atoms with Gasteiger partial charge in [0.05, 0.1) is 0 Å². The quantitative estimate of drug-likeness (QED) is 0.753. The molecule has 1 unspecified atom stereocenters. The van der Waals surface area contributed by atoms with E-state index >= 15 is 0 Å². The Balaban J connectivity index is 2.19. The summed E-state index contributed by atoms with van der Waals surface area (Å²) in [4.78, 5) is 14.2. The molecule has 1 saturated carbocycles. The number of hydrogen-bond donors (Lipinski definition) is 2. The summed E-state index contributed by atoms with van der Waals surface area (Å²) < 4.78 is 0. The predicted molar refractivity (Wildman–Crippen MR) is 76.3 cm³/mol. The first-order valence-corrected chi connectivity index (χ1v) is 7.66. The molecule has 0 radical (unpaired) electrons. The van der Waals surface area contributed by atoms with Gasteiger partial charge in [0.15, 0.2) is 0 Å². The van der Waals surface area contributed by atoms with Gasteiger partial charge in [0.25, 0.3) is 0 Å². The molecular weight excluding hydrogens is 240 g/mol. The minimum absolute atomic E-state index is 0.293. The van der Waals surface area contributed by atoms with Crippen molar-refractivity contribution < 1.29 is 9.90 Å². The minimum atomic E-state index is -0.611. The lowest BCUT2D eigenvalue weighted by Gasteiger charge is -2.40. The van der Waals surface area contributed by atoms with Crippen molar-refractivity contribution in [3.05, 3.63) is 0 Å². The van der Waals surface area contributed by atoms with E-state index in [2.05, 4.69) is 24.1 Å². The molecule has 2 fully saturated rings. The summed E-state index contributed by atoms with van der Waals surface area (Å²) in [7, 11) is 0. The second-order valence-corrected chi connectivity index (χ2v) is 6.95. The number of carboxylic acids is 1. The highest BCUT2D eigenvalue weighted by Crippen LogP contribution is 2.41. The van der Waals surface area contributed by atoms with Gasteiger partial charge in [-0.15, -0.1) is 0 Å². The fourth-order valence-electron chi connectivity index (χ4n) is 3.59. The predicted octanol–water partition coefficient (Wildman–Crippen LogP) is 2.10. The Labute approximate surface area is 116 Å². The molecule has 1 aliphatic carbocycles. The molecule has 0 spiro atoms. The Morgan fingerprint density at radius 1 is 1.05 bits per heavy atom. The summed E-state index contributed by atoms with van der Waals surface area (Å²) in [5.41, 5.74) is -0.318. The summed E-state index contributed by atoms with van der Waals surface area (Å²) in [5.74, 6) is -0.605. The smallest absolute Gasteiger partial charge is 0.324 e. The Hall–Kier alpha value is -0.610. The van der Waals surface area contributed by atoms with Gasteiger partial charge in [0, 0.05) is 19.6 Å². The monoisotopic (exact) mass is 268 g/mol. The van der Waals surface area contributed by atoms with Crippen LogP contribution in [0.1, 0.15) is 52.4 Å². The van der Waals surface area contributed by atoms with Crippen LogP contribution in [0.5, 0.6) is 0 Å². The maximum atomic E-state index is 12.0. The summed E-state index contributed by atoms with van der Waals surface area (Å²) in [6.07, 6.45) is 5.86. The van der Waals surface area contributed by atoms with Crippen LogP contribution in [0.4, 0.5) is 0 Å². The molecular formula is C15H28N2O2. The van der Waals surface area contributed by atoms with Crippen molar-refractivity contribution in [3.8, 4) is 0 Å². The van der Waals surface area contributed by atoms with Crippen LogP contribution in [-0.2, 0) is 4.79 Å². The lowest BCUT2D eigenvalue weighted by atomic mass is 9.83. The van der Waals surface area contributed by atoms with Crippen LogP contribution < -0.4 is 5.32 Å². The number of rotatable bonds is 2. The van der Waals surface area contributed by atoms with E-state index in [-0.39, 0.29) is 0 Å². The van der Waals surface area contributed by atoms with E-state index in [9.17, 15) is 9.90 Å². The van der Waals surface area contributed by atoms with Gasteiger partial charge in [-0.05, 0) is 44.1 Å². The van der Waals surface area contributed by atoms with Crippen LogP contribution in [0.15, 0.2) is 0 Å². The molecule has 1 heterocycles. The Morgan fingerprint density at radius 3 is 2.58 bits per heavy atom. The molecule has 4 heteroatoms. The number of nitrogens with zero attached hydrogens (tertiary/aromatic N) is 1. The molecule has 1 atom stereocenters. The number of nitrogens with one attached hydrogen (secondary N) is 1. The van der Waals surface area contributed by atoms with Gasteiger partial charge in [-0.1, -0.05) is 20.3 Å². The number of hydrogen-bond acceptors (Lipinski definition) is 3. The zero-order valence-corrected chi connectivity index (χ0v) is 12.4. The lowest BCUT2D eigenvalue weighted by Crippen LogP contribution is -2.55. The van der Waals surface area contributed by atoms with Crippen molar-refractivity contribution in [1.29, 1.82) is 0 Å².